The molecule has 0 aliphatic heterocycles. The monoisotopic (exact) mass is 363 g/mol. The van der Waals surface area contributed by atoms with Crippen LogP contribution in [0.4, 0.5) is 0 Å². The summed E-state index contributed by atoms with van der Waals surface area (Å²) in [5, 5.41) is 0. The van der Waals surface area contributed by atoms with Crippen LogP contribution in [0, 0.1) is 10.5 Å². The predicted molar refractivity (Wildman–Crippen MR) is 86.3 cm³/mol. The van der Waals surface area contributed by atoms with Crippen molar-refractivity contribution in [1.82, 2.24) is 4.98 Å². The van der Waals surface area contributed by atoms with Gasteiger partial charge in [-0.05, 0) is 77.4 Å². The van der Waals surface area contributed by atoms with E-state index in [-0.39, 0.29) is 0 Å². The largest absolute Gasteiger partial charge is 0.436 e. The second kappa shape index (κ2) is 4.96. The molecule has 0 unspecified atom stereocenters. The van der Waals surface area contributed by atoms with E-state index in [4.69, 9.17) is 4.42 Å². The molecule has 0 saturated carbocycles. The average Bonchev–Trinajstić information content (AvgIpc) is 2.84. The Morgan fingerprint density at radius 1 is 1.16 bits per heavy atom. The van der Waals surface area contributed by atoms with Gasteiger partial charge in [0.15, 0.2) is 5.58 Å². The minimum Gasteiger partial charge on any atom is -0.436 e. The van der Waals surface area contributed by atoms with Gasteiger partial charge in [0.25, 0.3) is 0 Å². The first-order chi connectivity index (χ1) is 9.17. The van der Waals surface area contributed by atoms with E-state index in [2.05, 4.69) is 71.8 Å². The maximum Gasteiger partial charge on any atom is 0.227 e. The molecule has 2 aromatic carbocycles. The van der Waals surface area contributed by atoms with Crippen LogP contribution in [-0.4, -0.2) is 4.98 Å². The number of aromatic nitrogens is 1. The van der Waals surface area contributed by atoms with Crippen LogP contribution in [0.5, 0.6) is 0 Å². The van der Waals surface area contributed by atoms with E-state index in [0.717, 1.165) is 23.1 Å². The predicted octanol–water partition coefficient (Wildman–Crippen LogP) is 4.97. The van der Waals surface area contributed by atoms with Gasteiger partial charge in [-0.25, -0.2) is 4.98 Å². The third kappa shape index (κ3) is 2.39. The highest BCUT2D eigenvalue weighted by molar-refractivity contribution is 14.1. The minimum absolute atomic E-state index is 0.697. The summed E-state index contributed by atoms with van der Waals surface area (Å²) in [7, 11) is 0. The molecule has 19 heavy (non-hydrogen) atoms. The molecule has 0 aliphatic rings. The van der Waals surface area contributed by atoms with E-state index in [1.807, 2.05) is 6.07 Å². The third-order valence-corrected chi connectivity index (χ3v) is 4.48. The number of benzene rings is 2. The maximum absolute atomic E-state index is 5.83. The van der Waals surface area contributed by atoms with Crippen molar-refractivity contribution in [2.45, 2.75) is 20.3 Å². The normalized spacial score (nSPS) is 11.1. The van der Waals surface area contributed by atoms with Gasteiger partial charge in [0, 0.05) is 9.13 Å². The van der Waals surface area contributed by atoms with Crippen LogP contribution in [0.15, 0.2) is 40.8 Å². The highest BCUT2D eigenvalue weighted by atomic mass is 127. The average molecular weight is 363 g/mol. The standard InChI is InChI=1S/C16H14INO/c1-3-11-4-7-15-14(9-11)18-16(19-15)12-5-6-13(17)10(2)8-12/h4-9H,3H2,1-2H3. The maximum atomic E-state index is 5.83. The lowest BCUT2D eigenvalue weighted by Gasteiger charge is -1.99. The molecule has 0 aliphatic carbocycles. The number of hydrogen-bond acceptors (Lipinski definition) is 2. The van der Waals surface area contributed by atoms with Crippen molar-refractivity contribution in [3.63, 3.8) is 0 Å². The molecule has 0 saturated heterocycles. The van der Waals surface area contributed by atoms with Gasteiger partial charge in [0.2, 0.25) is 5.89 Å². The molecule has 0 N–H and O–H groups in total. The molecular formula is C16H14INO. The summed E-state index contributed by atoms with van der Waals surface area (Å²) < 4.78 is 7.09. The van der Waals surface area contributed by atoms with E-state index in [1.165, 1.54) is 14.7 Å². The number of hydrogen-bond donors (Lipinski definition) is 0. The molecule has 0 fully saturated rings. The topological polar surface area (TPSA) is 26.0 Å². The van der Waals surface area contributed by atoms with Gasteiger partial charge in [-0.15, -0.1) is 0 Å². The molecule has 1 heterocycles. The number of fused-ring (bicyclic) bond motifs is 1. The molecule has 0 spiro atoms. The second-order valence-corrected chi connectivity index (χ2v) is 5.80. The zero-order valence-electron chi connectivity index (χ0n) is 10.9. The highest BCUT2D eigenvalue weighted by Crippen LogP contribution is 2.27. The van der Waals surface area contributed by atoms with Crippen molar-refractivity contribution in [1.29, 1.82) is 0 Å². The lowest BCUT2D eigenvalue weighted by atomic mass is 10.1. The summed E-state index contributed by atoms with van der Waals surface area (Å²) in [6, 6.07) is 12.5. The molecule has 3 rings (SSSR count). The Hall–Kier alpha value is -1.36. The minimum atomic E-state index is 0.697. The fourth-order valence-corrected chi connectivity index (χ4v) is 2.43. The third-order valence-electron chi connectivity index (χ3n) is 3.27. The molecular weight excluding hydrogens is 349 g/mol. The van der Waals surface area contributed by atoms with E-state index in [0.29, 0.717) is 5.89 Å². The lowest BCUT2D eigenvalue weighted by molar-refractivity contribution is 0.619. The first-order valence-corrected chi connectivity index (χ1v) is 7.41. The Morgan fingerprint density at radius 2 is 2.00 bits per heavy atom. The zero-order valence-corrected chi connectivity index (χ0v) is 13.1. The van der Waals surface area contributed by atoms with Crippen molar-refractivity contribution < 1.29 is 4.42 Å². The number of rotatable bonds is 2. The molecule has 96 valence electrons. The van der Waals surface area contributed by atoms with Crippen molar-refractivity contribution >= 4 is 33.7 Å². The number of oxazole rings is 1. The lowest BCUT2D eigenvalue weighted by Crippen LogP contribution is -1.83. The van der Waals surface area contributed by atoms with Crippen LogP contribution in [-0.2, 0) is 6.42 Å². The van der Waals surface area contributed by atoms with Gasteiger partial charge in [0.05, 0.1) is 0 Å². The van der Waals surface area contributed by atoms with Crippen LogP contribution in [0.25, 0.3) is 22.6 Å². The van der Waals surface area contributed by atoms with Gasteiger partial charge in [0.1, 0.15) is 5.52 Å². The summed E-state index contributed by atoms with van der Waals surface area (Å²) >= 11 is 2.33. The Bertz CT molecular complexity index is 746. The number of nitrogens with zero attached hydrogens (tertiary/aromatic N) is 1. The summed E-state index contributed by atoms with van der Waals surface area (Å²) in [6.07, 6.45) is 1.01. The molecule has 1 aromatic heterocycles. The van der Waals surface area contributed by atoms with Gasteiger partial charge in [-0.2, -0.15) is 0 Å². The summed E-state index contributed by atoms with van der Waals surface area (Å²) in [5.41, 5.74) is 5.35. The number of aryl methyl sites for hydroxylation is 2. The first kappa shape index (κ1) is 12.7. The molecule has 0 radical (unpaired) electrons. The molecule has 3 heteroatoms. The second-order valence-electron chi connectivity index (χ2n) is 4.64. The molecule has 0 bridgehead atoms. The molecule has 2 nitrogen and oxygen atoms in total. The zero-order chi connectivity index (χ0) is 13.4. The Morgan fingerprint density at radius 3 is 2.74 bits per heavy atom. The summed E-state index contributed by atoms with van der Waals surface area (Å²) in [5.74, 6) is 0.697. The van der Waals surface area contributed by atoms with Crippen molar-refractivity contribution in [2.24, 2.45) is 0 Å². The fraction of sp³-hybridized carbons (Fsp3) is 0.188. The van der Waals surface area contributed by atoms with Crippen molar-refractivity contribution in [2.75, 3.05) is 0 Å². The fourth-order valence-electron chi connectivity index (χ4n) is 2.09. The SMILES string of the molecule is CCc1ccc2oc(-c3ccc(I)c(C)c3)nc2c1. The van der Waals surface area contributed by atoms with E-state index >= 15 is 0 Å². The van der Waals surface area contributed by atoms with Crippen LogP contribution in [0.2, 0.25) is 0 Å². The smallest absolute Gasteiger partial charge is 0.227 e. The van der Waals surface area contributed by atoms with Crippen LogP contribution < -0.4 is 0 Å². The van der Waals surface area contributed by atoms with E-state index < -0.39 is 0 Å². The Labute approximate surface area is 126 Å². The quantitative estimate of drug-likeness (QED) is 0.601. The summed E-state index contributed by atoms with van der Waals surface area (Å²) in [6.45, 7) is 4.24. The van der Waals surface area contributed by atoms with Crippen LogP contribution in [0.1, 0.15) is 18.1 Å². The molecule has 0 amide bonds. The van der Waals surface area contributed by atoms with Gasteiger partial charge in [-0.1, -0.05) is 13.0 Å². The first-order valence-electron chi connectivity index (χ1n) is 6.33. The van der Waals surface area contributed by atoms with Crippen LogP contribution >= 0.6 is 22.6 Å². The van der Waals surface area contributed by atoms with Gasteiger partial charge < -0.3 is 4.42 Å². The van der Waals surface area contributed by atoms with Crippen LogP contribution in [0.3, 0.4) is 0 Å². The van der Waals surface area contributed by atoms with E-state index in [1.54, 1.807) is 0 Å². The van der Waals surface area contributed by atoms with E-state index in [9.17, 15) is 0 Å². The van der Waals surface area contributed by atoms with Gasteiger partial charge >= 0.3 is 0 Å². The highest BCUT2D eigenvalue weighted by Gasteiger charge is 2.09. The summed E-state index contributed by atoms with van der Waals surface area (Å²) in [4.78, 5) is 4.59. The van der Waals surface area contributed by atoms with Gasteiger partial charge in [-0.3, -0.25) is 0 Å². The number of halogens is 1. The Kier molecular flexibility index (Phi) is 3.31. The Balaban J connectivity index is 2.11. The van der Waals surface area contributed by atoms with Crippen molar-refractivity contribution in [3.8, 4) is 11.5 Å². The molecule has 3 aromatic rings. The van der Waals surface area contributed by atoms with Crippen molar-refractivity contribution in [3.05, 3.63) is 51.1 Å². The molecule has 0 atom stereocenters.